The minimum Gasteiger partial charge on any atom is -0.380 e. The van der Waals surface area contributed by atoms with Crippen molar-refractivity contribution in [3.05, 3.63) is 23.9 Å². The van der Waals surface area contributed by atoms with Crippen molar-refractivity contribution in [2.45, 2.75) is 33.2 Å². The molecule has 62 valence electrons. The summed E-state index contributed by atoms with van der Waals surface area (Å²) >= 11 is 0. The zero-order chi connectivity index (χ0) is 8.65. The molecule has 0 bridgehead atoms. The molecule has 11 heavy (non-hydrogen) atoms. The lowest BCUT2D eigenvalue weighted by Gasteiger charge is -2.37. The SMILES string of the molecule is C=C1NC(C)(C)C(C)C=C1C. The molecule has 0 saturated carbocycles. The van der Waals surface area contributed by atoms with Gasteiger partial charge >= 0.3 is 0 Å². The predicted molar refractivity (Wildman–Crippen MR) is 49.3 cm³/mol. The largest absolute Gasteiger partial charge is 0.380 e. The third kappa shape index (κ3) is 1.47. The van der Waals surface area contributed by atoms with Gasteiger partial charge in [-0.2, -0.15) is 0 Å². The van der Waals surface area contributed by atoms with Crippen molar-refractivity contribution in [2.24, 2.45) is 5.92 Å². The first kappa shape index (κ1) is 8.38. The van der Waals surface area contributed by atoms with Gasteiger partial charge in [0.2, 0.25) is 0 Å². The fourth-order valence-electron chi connectivity index (χ4n) is 1.29. The molecule has 1 N–H and O–H groups in total. The maximum atomic E-state index is 3.95. The second-order valence-corrected chi connectivity index (χ2v) is 3.96. The number of rotatable bonds is 0. The minimum atomic E-state index is 0.163. The van der Waals surface area contributed by atoms with Crippen LogP contribution in [0.4, 0.5) is 0 Å². The maximum Gasteiger partial charge on any atom is 0.0377 e. The molecule has 1 aliphatic rings. The molecular weight excluding hydrogens is 134 g/mol. The van der Waals surface area contributed by atoms with Gasteiger partial charge in [-0.3, -0.25) is 0 Å². The Morgan fingerprint density at radius 1 is 1.55 bits per heavy atom. The van der Waals surface area contributed by atoms with Crippen molar-refractivity contribution in [3.63, 3.8) is 0 Å². The molecule has 1 atom stereocenters. The molecule has 0 amide bonds. The molecule has 1 unspecified atom stereocenters. The first-order valence-corrected chi connectivity index (χ1v) is 4.09. The number of allylic oxidation sites excluding steroid dienone is 1. The molecule has 0 radical (unpaired) electrons. The average Bonchev–Trinajstić information content (AvgIpc) is 1.83. The van der Waals surface area contributed by atoms with E-state index in [-0.39, 0.29) is 5.54 Å². The predicted octanol–water partition coefficient (Wildman–Crippen LogP) is 2.46. The second-order valence-electron chi connectivity index (χ2n) is 3.96. The maximum absolute atomic E-state index is 3.95. The lowest BCUT2D eigenvalue weighted by atomic mass is 9.83. The second kappa shape index (κ2) is 2.40. The van der Waals surface area contributed by atoms with Crippen LogP contribution in [-0.2, 0) is 0 Å². The molecule has 0 fully saturated rings. The summed E-state index contributed by atoms with van der Waals surface area (Å²) in [6, 6.07) is 0. The van der Waals surface area contributed by atoms with E-state index in [1.54, 1.807) is 0 Å². The summed E-state index contributed by atoms with van der Waals surface area (Å²) in [6.45, 7) is 12.7. The molecule has 1 aliphatic heterocycles. The quantitative estimate of drug-likeness (QED) is 0.561. The van der Waals surface area contributed by atoms with Gasteiger partial charge in [-0.05, 0) is 32.3 Å². The van der Waals surface area contributed by atoms with E-state index < -0.39 is 0 Å². The fourth-order valence-corrected chi connectivity index (χ4v) is 1.29. The van der Waals surface area contributed by atoms with Crippen molar-refractivity contribution in [3.8, 4) is 0 Å². The van der Waals surface area contributed by atoms with E-state index in [0.29, 0.717) is 5.92 Å². The summed E-state index contributed by atoms with van der Waals surface area (Å²) in [4.78, 5) is 0. The van der Waals surface area contributed by atoms with E-state index in [0.717, 1.165) is 5.70 Å². The van der Waals surface area contributed by atoms with Gasteiger partial charge in [-0.1, -0.05) is 19.6 Å². The van der Waals surface area contributed by atoms with Crippen molar-refractivity contribution >= 4 is 0 Å². The summed E-state index contributed by atoms with van der Waals surface area (Å²) in [5.74, 6) is 0.577. The van der Waals surface area contributed by atoms with Crippen LogP contribution in [-0.4, -0.2) is 5.54 Å². The van der Waals surface area contributed by atoms with Crippen LogP contribution in [0, 0.1) is 5.92 Å². The zero-order valence-electron chi connectivity index (χ0n) is 7.86. The molecule has 0 aromatic rings. The molecular formula is C10H17N. The molecule has 0 saturated heterocycles. The van der Waals surface area contributed by atoms with Crippen LogP contribution in [0.3, 0.4) is 0 Å². The van der Waals surface area contributed by atoms with Crippen LogP contribution in [0.25, 0.3) is 0 Å². The van der Waals surface area contributed by atoms with Gasteiger partial charge in [0, 0.05) is 11.2 Å². The van der Waals surface area contributed by atoms with Crippen LogP contribution in [0.1, 0.15) is 27.7 Å². The van der Waals surface area contributed by atoms with Gasteiger partial charge in [-0.15, -0.1) is 0 Å². The monoisotopic (exact) mass is 151 g/mol. The van der Waals surface area contributed by atoms with Crippen LogP contribution in [0.15, 0.2) is 23.9 Å². The lowest BCUT2D eigenvalue weighted by molar-refractivity contribution is 0.330. The molecule has 0 aromatic carbocycles. The van der Waals surface area contributed by atoms with Gasteiger partial charge < -0.3 is 5.32 Å². The van der Waals surface area contributed by atoms with Crippen molar-refractivity contribution in [1.82, 2.24) is 5.32 Å². The lowest BCUT2D eigenvalue weighted by Crippen LogP contribution is -2.46. The Labute approximate surface area is 69.2 Å². The molecule has 0 spiro atoms. The van der Waals surface area contributed by atoms with Crippen LogP contribution >= 0.6 is 0 Å². The van der Waals surface area contributed by atoms with Gasteiger partial charge in [0.25, 0.3) is 0 Å². The van der Waals surface area contributed by atoms with Gasteiger partial charge in [-0.25, -0.2) is 0 Å². The van der Waals surface area contributed by atoms with E-state index in [1.165, 1.54) is 5.57 Å². The van der Waals surface area contributed by atoms with E-state index in [9.17, 15) is 0 Å². The van der Waals surface area contributed by atoms with Crippen molar-refractivity contribution in [2.75, 3.05) is 0 Å². The minimum absolute atomic E-state index is 0.163. The fraction of sp³-hybridized carbons (Fsp3) is 0.600. The van der Waals surface area contributed by atoms with E-state index in [2.05, 4.69) is 45.7 Å². The first-order valence-electron chi connectivity index (χ1n) is 4.09. The highest BCUT2D eigenvalue weighted by atomic mass is 15.0. The van der Waals surface area contributed by atoms with E-state index >= 15 is 0 Å². The summed E-state index contributed by atoms with van der Waals surface area (Å²) in [5, 5.41) is 3.39. The Hall–Kier alpha value is -0.720. The number of nitrogens with one attached hydrogen (secondary N) is 1. The van der Waals surface area contributed by atoms with Gasteiger partial charge in [0.1, 0.15) is 0 Å². The Bertz CT molecular complexity index is 211. The topological polar surface area (TPSA) is 12.0 Å². The Balaban J connectivity index is 2.93. The summed E-state index contributed by atoms with van der Waals surface area (Å²) in [5.41, 5.74) is 2.50. The highest BCUT2D eigenvalue weighted by Gasteiger charge is 2.28. The summed E-state index contributed by atoms with van der Waals surface area (Å²) < 4.78 is 0. The number of hydrogen-bond donors (Lipinski definition) is 1. The van der Waals surface area contributed by atoms with Gasteiger partial charge in [0.15, 0.2) is 0 Å². The normalized spacial score (nSPS) is 29.3. The number of hydrogen-bond acceptors (Lipinski definition) is 1. The molecule has 0 aliphatic carbocycles. The van der Waals surface area contributed by atoms with Crippen LogP contribution in [0.2, 0.25) is 0 Å². The highest BCUT2D eigenvalue weighted by molar-refractivity contribution is 5.31. The van der Waals surface area contributed by atoms with E-state index in [4.69, 9.17) is 0 Å². The molecule has 1 heteroatoms. The van der Waals surface area contributed by atoms with Gasteiger partial charge in [0.05, 0.1) is 0 Å². The third-order valence-electron chi connectivity index (χ3n) is 2.59. The first-order chi connectivity index (χ1) is 4.93. The smallest absolute Gasteiger partial charge is 0.0377 e. The summed E-state index contributed by atoms with van der Waals surface area (Å²) in [6.07, 6.45) is 2.28. The van der Waals surface area contributed by atoms with Crippen LogP contribution in [0.5, 0.6) is 0 Å². The van der Waals surface area contributed by atoms with Crippen LogP contribution < -0.4 is 5.32 Å². The molecule has 1 nitrogen and oxygen atoms in total. The third-order valence-corrected chi connectivity index (χ3v) is 2.59. The van der Waals surface area contributed by atoms with Crippen molar-refractivity contribution < 1.29 is 0 Å². The Kier molecular flexibility index (Phi) is 1.83. The van der Waals surface area contributed by atoms with E-state index in [1.807, 2.05) is 0 Å². The highest BCUT2D eigenvalue weighted by Crippen LogP contribution is 2.27. The molecule has 0 aromatic heterocycles. The van der Waals surface area contributed by atoms with Crippen molar-refractivity contribution in [1.29, 1.82) is 0 Å². The Morgan fingerprint density at radius 2 is 2.09 bits per heavy atom. The molecule has 1 heterocycles. The average molecular weight is 151 g/mol. The molecule has 1 rings (SSSR count). The summed E-state index contributed by atoms with van der Waals surface area (Å²) in [7, 11) is 0. The zero-order valence-corrected chi connectivity index (χ0v) is 7.86. The standard InChI is InChI=1S/C10H17N/c1-7-6-8(2)10(4,5)11-9(7)3/h6,8,11H,3H2,1-2,4-5H3. The Morgan fingerprint density at radius 3 is 2.55 bits per heavy atom.